The summed E-state index contributed by atoms with van der Waals surface area (Å²) in [6.45, 7) is 9.23. The SMILES string of the molecule is COc1c(C)cc(C(C)(C)c2cc(C)c(Oc3ccc(C(=O)c4ccc(C)cc4)cc3)c(CS(=O)(=O)O)c2)cc1CS(=O)(=O)O. The zero-order valence-corrected chi connectivity index (χ0v) is 27.5. The minimum absolute atomic E-state index is 0.148. The Morgan fingerprint density at radius 3 is 1.56 bits per heavy atom. The van der Waals surface area contributed by atoms with Crippen LogP contribution in [0.4, 0.5) is 0 Å². The molecule has 0 saturated heterocycles. The molecule has 0 aliphatic rings. The minimum Gasteiger partial charge on any atom is -0.496 e. The fourth-order valence-corrected chi connectivity index (χ4v) is 6.51. The molecule has 4 aromatic carbocycles. The van der Waals surface area contributed by atoms with Crippen molar-refractivity contribution in [3.8, 4) is 17.2 Å². The molecule has 0 saturated carbocycles. The van der Waals surface area contributed by atoms with Gasteiger partial charge >= 0.3 is 0 Å². The average Bonchev–Trinajstić information content (AvgIpc) is 2.93. The lowest BCUT2D eigenvalue weighted by atomic mass is 9.76. The predicted molar refractivity (Wildman–Crippen MR) is 173 cm³/mol. The Hall–Kier alpha value is -4.03. The van der Waals surface area contributed by atoms with Crippen LogP contribution in [0.3, 0.4) is 0 Å². The molecule has 4 aromatic rings. The molecule has 0 aliphatic carbocycles. The number of rotatable bonds is 11. The summed E-state index contributed by atoms with van der Waals surface area (Å²) >= 11 is 0. The van der Waals surface area contributed by atoms with Crippen LogP contribution in [-0.4, -0.2) is 38.8 Å². The number of aryl methyl sites for hydroxylation is 3. The number of carbonyl (C=O) groups is 1. The Morgan fingerprint density at radius 2 is 1.11 bits per heavy atom. The molecular formula is C34H36O9S2. The van der Waals surface area contributed by atoms with Gasteiger partial charge in [-0.2, -0.15) is 16.8 Å². The van der Waals surface area contributed by atoms with Crippen LogP contribution in [0, 0.1) is 20.8 Å². The summed E-state index contributed by atoms with van der Waals surface area (Å²) in [6.07, 6.45) is 0. The summed E-state index contributed by atoms with van der Waals surface area (Å²) in [4.78, 5) is 12.9. The number of ketones is 1. The van der Waals surface area contributed by atoms with Crippen molar-refractivity contribution in [2.75, 3.05) is 7.11 Å². The molecule has 0 aliphatic heterocycles. The third kappa shape index (κ3) is 8.17. The summed E-state index contributed by atoms with van der Waals surface area (Å²) in [6, 6.07) is 20.7. The molecule has 0 aromatic heterocycles. The van der Waals surface area contributed by atoms with Crippen LogP contribution in [0.15, 0.2) is 72.8 Å². The van der Waals surface area contributed by atoms with E-state index in [2.05, 4.69) is 0 Å². The lowest BCUT2D eigenvalue weighted by Crippen LogP contribution is -2.21. The summed E-state index contributed by atoms with van der Waals surface area (Å²) in [5, 5.41) is 0. The number of hydrogen-bond acceptors (Lipinski definition) is 7. The fourth-order valence-electron chi connectivity index (χ4n) is 5.29. The number of carbonyl (C=O) groups excluding carboxylic acids is 1. The molecule has 238 valence electrons. The first kappa shape index (κ1) is 33.9. The van der Waals surface area contributed by atoms with Crippen molar-refractivity contribution in [3.63, 3.8) is 0 Å². The number of benzene rings is 4. The van der Waals surface area contributed by atoms with Gasteiger partial charge in [0.25, 0.3) is 20.2 Å². The first-order valence-corrected chi connectivity index (χ1v) is 17.2. The topological polar surface area (TPSA) is 144 Å². The van der Waals surface area contributed by atoms with Crippen molar-refractivity contribution in [2.24, 2.45) is 0 Å². The summed E-state index contributed by atoms with van der Waals surface area (Å²) < 4.78 is 78.5. The molecule has 45 heavy (non-hydrogen) atoms. The van der Waals surface area contributed by atoms with Crippen LogP contribution in [0.1, 0.15) is 68.7 Å². The first-order chi connectivity index (χ1) is 20.9. The molecule has 0 amide bonds. The lowest BCUT2D eigenvalue weighted by molar-refractivity contribution is 0.103. The van der Waals surface area contributed by atoms with Crippen LogP contribution < -0.4 is 9.47 Å². The van der Waals surface area contributed by atoms with Gasteiger partial charge in [0.15, 0.2) is 5.78 Å². The Balaban J connectivity index is 1.73. The Kier molecular flexibility index (Phi) is 9.60. The normalized spacial score (nSPS) is 12.2. The van der Waals surface area contributed by atoms with E-state index in [1.54, 1.807) is 62.4 Å². The van der Waals surface area contributed by atoms with Gasteiger partial charge in [0.2, 0.25) is 0 Å². The van der Waals surface area contributed by atoms with E-state index in [-0.39, 0.29) is 22.7 Å². The lowest BCUT2D eigenvalue weighted by Gasteiger charge is -2.29. The quantitative estimate of drug-likeness (QED) is 0.133. The number of ether oxygens (including phenoxy) is 2. The van der Waals surface area contributed by atoms with Gasteiger partial charge in [-0.3, -0.25) is 13.9 Å². The molecule has 9 nitrogen and oxygen atoms in total. The highest BCUT2D eigenvalue weighted by Gasteiger charge is 2.29. The largest absolute Gasteiger partial charge is 0.496 e. The Bertz CT molecular complexity index is 1960. The summed E-state index contributed by atoms with van der Waals surface area (Å²) in [7, 11) is -7.40. The van der Waals surface area contributed by atoms with Crippen LogP contribution in [0.2, 0.25) is 0 Å². The van der Waals surface area contributed by atoms with Crippen molar-refractivity contribution >= 4 is 26.0 Å². The maximum Gasteiger partial charge on any atom is 0.269 e. The highest BCUT2D eigenvalue weighted by Crippen LogP contribution is 2.40. The van der Waals surface area contributed by atoms with E-state index in [9.17, 15) is 30.7 Å². The molecule has 0 fully saturated rings. The van der Waals surface area contributed by atoms with Gasteiger partial charge in [-0.15, -0.1) is 0 Å². The van der Waals surface area contributed by atoms with Crippen LogP contribution in [-0.2, 0) is 37.2 Å². The van der Waals surface area contributed by atoms with Crippen LogP contribution in [0.5, 0.6) is 17.2 Å². The zero-order valence-electron chi connectivity index (χ0n) is 25.9. The standard InChI is InChI=1S/C34H36O9S2/c1-21-7-9-24(10-8-21)31(35)25-11-13-30(14-12-25)43-33-23(3)16-29(18-27(33)20-45(39,40)41)34(4,5)28-15-22(2)32(42-6)26(17-28)19-44(36,37)38/h7-18H,19-20H2,1-6H3,(H,36,37,38)(H,39,40,41). The van der Waals surface area contributed by atoms with Gasteiger partial charge in [-0.05, 0) is 67.3 Å². The summed E-state index contributed by atoms with van der Waals surface area (Å²) in [5.74, 6) is -0.565. The van der Waals surface area contributed by atoms with Gasteiger partial charge < -0.3 is 9.47 Å². The molecule has 0 bridgehead atoms. The van der Waals surface area contributed by atoms with Gasteiger partial charge in [-0.25, -0.2) is 0 Å². The molecule has 4 rings (SSSR count). The third-order valence-corrected chi connectivity index (χ3v) is 9.03. The summed E-state index contributed by atoms with van der Waals surface area (Å²) in [5.41, 5.74) is 4.36. The van der Waals surface area contributed by atoms with Gasteiger partial charge in [0, 0.05) is 27.7 Å². The smallest absolute Gasteiger partial charge is 0.269 e. The van der Waals surface area contributed by atoms with Crippen molar-refractivity contribution in [2.45, 2.75) is 51.5 Å². The molecule has 0 heterocycles. The van der Waals surface area contributed by atoms with Crippen LogP contribution in [0.25, 0.3) is 0 Å². The predicted octanol–water partition coefficient (Wildman–Crippen LogP) is 6.75. The van der Waals surface area contributed by atoms with Crippen molar-refractivity contribution in [3.05, 3.63) is 123 Å². The van der Waals surface area contributed by atoms with E-state index in [1.807, 2.05) is 45.0 Å². The second-order valence-electron chi connectivity index (χ2n) is 11.7. The zero-order chi connectivity index (χ0) is 33.3. The van der Waals surface area contributed by atoms with Gasteiger partial charge in [-0.1, -0.05) is 67.9 Å². The van der Waals surface area contributed by atoms with E-state index < -0.39 is 37.2 Å². The molecule has 11 heteroatoms. The molecule has 0 atom stereocenters. The van der Waals surface area contributed by atoms with Gasteiger partial charge in [0.05, 0.1) is 7.11 Å². The molecule has 0 radical (unpaired) electrons. The monoisotopic (exact) mass is 652 g/mol. The second kappa shape index (κ2) is 12.8. The maximum absolute atomic E-state index is 12.9. The van der Waals surface area contributed by atoms with Crippen LogP contribution >= 0.6 is 0 Å². The Morgan fingerprint density at radius 1 is 0.689 bits per heavy atom. The third-order valence-electron chi connectivity index (χ3n) is 7.68. The minimum atomic E-state index is -4.47. The second-order valence-corrected chi connectivity index (χ2v) is 14.6. The first-order valence-electron chi connectivity index (χ1n) is 14.0. The number of hydrogen-bond donors (Lipinski definition) is 2. The highest BCUT2D eigenvalue weighted by molar-refractivity contribution is 7.85. The Labute approximate surface area is 264 Å². The van der Waals surface area contributed by atoms with E-state index in [0.29, 0.717) is 44.9 Å². The molecule has 0 spiro atoms. The van der Waals surface area contributed by atoms with E-state index in [4.69, 9.17) is 9.47 Å². The van der Waals surface area contributed by atoms with E-state index >= 15 is 0 Å². The van der Waals surface area contributed by atoms with Crippen molar-refractivity contribution < 1.29 is 40.2 Å². The highest BCUT2D eigenvalue weighted by atomic mass is 32.2. The maximum atomic E-state index is 12.9. The van der Waals surface area contributed by atoms with E-state index in [0.717, 1.165) is 5.56 Å². The number of methoxy groups -OCH3 is 1. The van der Waals surface area contributed by atoms with Crippen molar-refractivity contribution in [1.82, 2.24) is 0 Å². The molecule has 0 unspecified atom stereocenters. The average molecular weight is 653 g/mol. The molecular weight excluding hydrogens is 616 g/mol. The van der Waals surface area contributed by atoms with Gasteiger partial charge in [0.1, 0.15) is 28.8 Å². The van der Waals surface area contributed by atoms with E-state index in [1.165, 1.54) is 7.11 Å². The van der Waals surface area contributed by atoms with Crippen molar-refractivity contribution in [1.29, 1.82) is 0 Å². The molecule has 2 N–H and O–H groups in total. The fraction of sp³-hybridized carbons (Fsp3) is 0.265.